The zero-order valence-electron chi connectivity index (χ0n) is 18.4. The van der Waals surface area contributed by atoms with Crippen LogP contribution in [0.4, 0.5) is 0 Å². The molecule has 3 N–H and O–H groups in total. The van der Waals surface area contributed by atoms with E-state index in [0.717, 1.165) is 26.3 Å². The van der Waals surface area contributed by atoms with Gasteiger partial charge in [-0.15, -0.1) is 0 Å². The minimum Gasteiger partial charge on any atom is -0.494 e. The molecule has 0 saturated carbocycles. The molecule has 4 rings (SSSR count). The highest BCUT2D eigenvalue weighted by Gasteiger charge is 2.18. The van der Waals surface area contributed by atoms with Gasteiger partial charge in [0.05, 0.1) is 16.7 Å². The van der Waals surface area contributed by atoms with E-state index in [9.17, 15) is 19.5 Å². The van der Waals surface area contributed by atoms with E-state index in [4.69, 9.17) is 0 Å². The predicted octanol–water partition coefficient (Wildman–Crippen LogP) is 1.28. The predicted molar refractivity (Wildman–Crippen MR) is 126 cm³/mol. The molecule has 2 heterocycles. The average molecular weight is 444 g/mol. The van der Waals surface area contributed by atoms with Gasteiger partial charge >= 0.3 is 5.69 Å². The van der Waals surface area contributed by atoms with E-state index in [0.29, 0.717) is 30.8 Å². The second kappa shape index (κ2) is 9.12. The third kappa shape index (κ3) is 4.41. The number of aromatic amines is 1. The number of rotatable bonds is 6. The van der Waals surface area contributed by atoms with Crippen molar-refractivity contribution in [3.63, 3.8) is 0 Å². The molecule has 0 saturated heterocycles. The second-order valence-corrected chi connectivity index (χ2v) is 7.76. The molecule has 8 heteroatoms. The summed E-state index contributed by atoms with van der Waals surface area (Å²) in [5, 5.41) is 15.4. The summed E-state index contributed by atoms with van der Waals surface area (Å²) in [7, 11) is 0. The second-order valence-electron chi connectivity index (χ2n) is 7.76. The minimum atomic E-state index is -0.733. The van der Waals surface area contributed by atoms with Crippen LogP contribution in [0.2, 0.25) is 0 Å². The van der Waals surface area contributed by atoms with Crippen molar-refractivity contribution in [3.05, 3.63) is 96.8 Å². The molecular formula is C25H24N4O4. The summed E-state index contributed by atoms with van der Waals surface area (Å²) >= 11 is 0. The molecule has 0 unspecified atom stereocenters. The Labute approximate surface area is 189 Å². The molecule has 1 amide bonds. The number of amides is 1. The van der Waals surface area contributed by atoms with Crippen LogP contribution in [-0.4, -0.2) is 27.1 Å². The highest BCUT2D eigenvalue weighted by atomic mass is 16.3. The van der Waals surface area contributed by atoms with Crippen LogP contribution in [0.1, 0.15) is 30.9 Å². The number of hydrogen-bond donors (Lipinski definition) is 3. The summed E-state index contributed by atoms with van der Waals surface area (Å²) in [4.78, 5) is 43.7. The summed E-state index contributed by atoms with van der Waals surface area (Å²) in [5.41, 5.74) is 1.16. The molecule has 0 fully saturated rings. The molecule has 1 aromatic heterocycles. The Bertz CT molecular complexity index is 1510. The van der Waals surface area contributed by atoms with Crippen LogP contribution < -0.4 is 27.1 Å². The maximum atomic E-state index is 12.6. The lowest BCUT2D eigenvalue weighted by molar-refractivity contribution is -0.120. The van der Waals surface area contributed by atoms with Crippen molar-refractivity contribution in [1.82, 2.24) is 14.9 Å². The molecular weight excluding hydrogens is 420 g/mol. The molecule has 0 radical (unpaired) electrons. The van der Waals surface area contributed by atoms with Gasteiger partial charge in [0.25, 0.3) is 5.56 Å². The van der Waals surface area contributed by atoms with Crippen LogP contribution in [0.5, 0.6) is 5.88 Å². The van der Waals surface area contributed by atoms with E-state index >= 15 is 0 Å². The summed E-state index contributed by atoms with van der Waals surface area (Å²) in [5.74, 6) is -0.518. The fourth-order valence-electron chi connectivity index (χ4n) is 3.81. The number of aryl methyl sites for hydroxylation is 1. The highest BCUT2D eigenvalue weighted by molar-refractivity contribution is 5.78. The lowest BCUT2D eigenvalue weighted by Crippen LogP contribution is -2.30. The summed E-state index contributed by atoms with van der Waals surface area (Å²) in [6, 6.07) is 14.6. The van der Waals surface area contributed by atoms with Crippen molar-refractivity contribution in [2.45, 2.75) is 26.7 Å². The minimum absolute atomic E-state index is 0.0522. The number of aromatic hydroxyl groups is 1. The number of H-pyrrole nitrogens is 1. The van der Waals surface area contributed by atoms with Crippen LogP contribution in [0, 0.1) is 6.92 Å². The molecule has 0 aliphatic carbocycles. The zero-order valence-corrected chi connectivity index (χ0v) is 18.4. The Morgan fingerprint density at radius 1 is 1.18 bits per heavy atom. The van der Waals surface area contributed by atoms with Crippen molar-refractivity contribution in [3.8, 4) is 11.6 Å². The van der Waals surface area contributed by atoms with Crippen molar-refractivity contribution >= 4 is 17.6 Å². The fraction of sp³-hybridized carbons (Fsp3) is 0.200. The number of carbonyl (C=O) groups excluding carboxylic acids is 1. The Morgan fingerprint density at radius 2 is 1.97 bits per heavy atom. The van der Waals surface area contributed by atoms with E-state index in [1.54, 1.807) is 25.1 Å². The van der Waals surface area contributed by atoms with Gasteiger partial charge in [0, 0.05) is 18.2 Å². The number of allylic oxidation sites excluding steroid dienone is 1. The third-order valence-electron chi connectivity index (χ3n) is 5.46. The first kappa shape index (κ1) is 22.0. The highest BCUT2D eigenvalue weighted by Crippen LogP contribution is 2.24. The van der Waals surface area contributed by atoms with Gasteiger partial charge in [0.15, 0.2) is 0 Å². The van der Waals surface area contributed by atoms with Gasteiger partial charge in [-0.1, -0.05) is 37.3 Å². The normalized spacial score (nSPS) is 13.6. The number of nitrogens with one attached hydrogen (secondary N) is 2. The van der Waals surface area contributed by atoms with E-state index in [1.165, 1.54) is 6.08 Å². The zero-order chi connectivity index (χ0) is 23.5. The lowest BCUT2D eigenvalue weighted by atomic mass is 10.1. The van der Waals surface area contributed by atoms with Gasteiger partial charge in [-0.05, 0) is 48.8 Å². The first-order valence-electron chi connectivity index (χ1n) is 10.7. The number of hydrogen-bond acceptors (Lipinski definition) is 5. The Kier molecular flexibility index (Phi) is 6.08. The standard InChI is InChI=1S/C25H24N4O4/c1-3-22(30)26-12-11-18-17-9-4-5-10-20(17)27-21(18)14-19-23(31)28-25(33)29(24(19)32)16-8-6-7-15(2)13-16/h4-10,13-14,32H,3,11-12H2,1-2H3,(H,26,30)(H,28,31,33)/b21-14-. The van der Waals surface area contributed by atoms with Gasteiger partial charge in [0.2, 0.25) is 11.8 Å². The van der Waals surface area contributed by atoms with E-state index in [2.05, 4.69) is 15.3 Å². The number of nitrogens with zero attached hydrogens (tertiary/aromatic N) is 2. The van der Waals surface area contributed by atoms with Gasteiger partial charge < -0.3 is 10.4 Å². The lowest BCUT2D eigenvalue weighted by Gasteiger charge is -2.11. The molecule has 1 aliphatic rings. The number of carbonyl (C=O) groups is 1. The number of benzene rings is 2. The molecule has 1 aliphatic heterocycles. The fourth-order valence-corrected chi connectivity index (χ4v) is 3.81. The molecule has 33 heavy (non-hydrogen) atoms. The average Bonchev–Trinajstić information content (AvgIpc) is 3.13. The number of fused-ring (bicyclic) bond motifs is 1. The maximum Gasteiger partial charge on any atom is 0.335 e. The van der Waals surface area contributed by atoms with Crippen molar-refractivity contribution < 1.29 is 9.90 Å². The van der Waals surface area contributed by atoms with Crippen LogP contribution >= 0.6 is 0 Å². The largest absolute Gasteiger partial charge is 0.494 e. The topological polar surface area (TPSA) is 117 Å². The number of aromatic nitrogens is 2. The molecule has 0 spiro atoms. The molecule has 2 aromatic carbocycles. The van der Waals surface area contributed by atoms with E-state index in [-0.39, 0.29) is 11.5 Å². The molecule has 168 valence electrons. The van der Waals surface area contributed by atoms with Crippen molar-refractivity contribution in [2.75, 3.05) is 6.54 Å². The van der Waals surface area contributed by atoms with Crippen molar-refractivity contribution in [2.24, 2.45) is 4.99 Å². The summed E-state index contributed by atoms with van der Waals surface area (Å²) in [6.45, 7) is 4.06. The SMILES string of the molecule is CCC(=O)NCCC1=c2ccccc2=N/C1=C\c1c(O)n(-c2cccc(C)c2)c(=O)[nH]c1=O. The maximum absolute atomic E-state index is 12.6. The third-order valence-corrected chi connectivity index (χ3v) is 5.46. The molecule has 3 aromatic rings. The van der Waals surface area contributed by atoms with Gasteiger partial charge in [0.1, 0.15) is 5.56 Å². The Hall–Kier alpha value is -4.20. The van der Waals surface area contributed by atoms with Gasteiger partial charge in [-0.25, -0.2) is 14.4 Å². The van der Waals surface area contributed by atoms with E-state index < -0.39 is 17.1 Å². The molecule has 0 atom stereocenters. The quantitative estimate of drug-likeness (QED) is 0.531. The first-order chi connectivity index (χ1) is 15.9. The molecule has 8 nitrogen and oxygen atoms in total. The van der Waals surface area contributed by atoms with Gasteiger partial charge in [-0.3, -0.25) is 14.6 Å². The Morgan fingerprint density at radius 3 is 2.73 bits per heavy atom. The van der Waals surface area contributed by atoms with Crippen molar-refractivity contribution in [1.29, 1.82) is 0 Å². The van der Waals surface area contributed by atoms with Gasteiger partial charge in [-0.2, -0.15) is 0 Å². The van der Waals surface area contributed by atoms with E-state index in [1.807, 2.05) is 37.3 Å². The number of para-hydroxylation sites is 1. The van der Waals surface area contributed by atoms with Crippen LogP contribution in [-0.2, 0) is 4.79 Å². The summed E-state index contributed by atoms with van der Waals surface area (Å²) in [6.07, 6.45) is 2.37. The van der Waals surface area contributed by atoms with Crippen LogP contribution in [0.3, 0.4) is 0 Å². The first-order valence-corrected chi connectivity index (χ1v) is 10.7. The molecule has 0 bridgehead atoms. The summed E-state index contributed by atoms with van der Waals surface area (Å²) < 4.78 is 1.06. The smallest absolute Gasteiger partial charge is 0.335 e. The monoisotopic (exact) mass is 444 g/mol. The van der Waals surface area contributed by atoms with Crippen LogP contribution in [0.25, 0.3) is 17.3 Å². The van der Waals surface area contributed by atoms with Crippen LogP contribution in [0.15, 0.2) is 68.8 Å². The Balaban J connectivity index is 1.83.